The molecule has 1 saturated heterocycles. The lowest BCUT2D eigenvalue weighted by atomic mass is 10.0. The summed E-state index contributed by atoms with van der Waals surface area (Å²) in [4.78, 5) is 28.4. The maximum Gasteiger partial charge on any atom is 0.417 e. The highest BCUT2D eigenvalue weighted by Crippen LogP contribution is 2.38. The predicted molar refractivity (Wildman–Crippen MR) is 126 cm³/mol. The fourth-order valence-corrected chi connectivity index (χ4v) is 4.07. The minimum absolute atomic E-state index is 0.0416. The zero-order valence-corrected chi connectivity index (χ0v) is 20.0. The number of hydrogen-bond donors (Lipinski definition) is 1. The van der Waals surface area contributed by atoms with Gasteiger partial charge in [-0.25, -0.2) is 9.69 Å². The van der Waals surface area contributed by atoms with Crippen molar-refractivity contribution in [2.45, 2.75) is 45.1 Å². The van der Waals surface area contributed by atoms with Gasteiger partial charge in [0.25, 0.3) is 5.91 Å². The summed E-state index contributed by atoms with van der Waals surface area (Å²) in [6.07, 6.45) is -2.52. The van der Waals surface area contributed by atoms with E-state index in [1.165, 1.54) is 24.8 Å². The van der Waals surface area contributed by atoms with Gasteiger partial charge in [-0.1, -0.05) is 29.5 Å². The second-order valence-corrected chi connectivity index (χ2v) is 9.05. The molecule has 2 aromatic carbocycles. The molecule has 1 aliphatic rings. The number of alkyl halides is 3. The van der Waals surface area contributed by atoms with E-state index in [0.29, 0.717) is 30.3 Å². The van der Waals surface area contributed by atoms with E-state index in [4.69, 9.17) is 10.4 Å². The SMILES string of the molecule is CC1(C)C(=O)N(c2ccc(C#N)c(C(F)(F)F)c2)C(=O)N1Cc1ccc(-c2cn(CCCO)nn2)cc1. The lowest BCUT2D eigenvalue weighted by molar-refractivity contribution is -0.137. The molecule has 1 N–H and O–H groups in total. The van der Waals surface area contributed by atoms with E-state index < -0.39 is 34.8 Å². The second kappa shape index (κ2) is 9.67. The van der Waals surface area contributed by atoms with Crippen LogP contribution >= 0.6 is 0 Å². The molecule has 0 spiro atoms. The van der Waals surface area contributed by atoms with Crippen LogP contribution in [0.15, 0.2) is 48.7 Å². The van der Waals surface area contributed by atoms with E-state index in [0.717, 1.165) is 22.6 Å². The maximum absolute atomic E-state index is 13.5. The molecule has 1 fully saturated rings. The smallest absolute Gasteiger partial charge is 0.396 e. The summed E-state index contributed by atoms with van der Waals surface area (Å²) in [7, 11) is 0. The second-order valence-electron chi connectivity index (χ2n) is 9.05. The molecule has 9 nitrogen and oxygen atoms in total. The summed E-state index contributed by atoms with van der Waals surface area (Å²) in [6, 6.07) is 10.6. The average molecular weight is 512 g/mol. The molecule has 3 amide bonds. The number of aliphatic hydroxyl groups excluding tert-OH is 1. The highest BCUT2D eigenvalue weighted by molar-refractivity contribution is 6.23. The highest BCUT2D eigenvalue weighted by atomic mass is 19.4. The van der Waals surface area contributed by atoms with Crippen molar-refractivity contribution in [3.05, 3.63) is 65.4 Å². The number of amides is 3. The van der Waals surface area contributed by atoms with Gasteiger partial charge in [-0.15, -0.1) is 5.10 Å². The summed E-state index contributed by atoms with van der Waals surface area (Å²) < 4.78 is 42.0. The molecular weight excluding hydrogens is 489 g/mol. The third kappa shape index (κ3) is 4.90. The van der Waals surface area contributed by atoms with Crippen molar-refractivity contribution in [3.8, 4) is 17.3 Å². The number of rotatable bonds is 7. The zero-order chi connectivity index (χ0) is 27.0. The van der Waals surface area contributed by atoms with Crippen LogP contribution in [0.3, 0.4) is 0 Å². The molecule has 2 heterocycles. The molecule has 3 aromatic rings. The van der Waals surface area contributed by atoms with Crippen molar-refractivity contribution in [1.82, 2.24) is 19.9 Å². The van der Waals surface area contributed by atoms with Gasteiger partial charge < -0.3 is 10.0 Å². The number of nitriles is 1. The minimum Gasteiger partial charge on any atom is -0.396 e. The fraction of sp³-hybridized carbons (Fsp3) is 0.320. The Hall–Kier alpha value is -4.24. The number of halogens is 3. The number of aliphatic hydroxyl groups is 1. The van der Waals surface area contributed by atoms with Crippen LogP contribution in [-0.4, -0.2) is 49.1 Å². The molecule has 0 radical (unpaired) electrons. The van der Waals surface area contributed by atoms with E-state index in [-0.39, 0.29) is 18.8 Å². The Morgan fingerprint density at radius 2 is 1.81 bits per heavy atom. The van der Waals surface area contributed by atoms with Crippen molar-refractivity contribution in [3.63, 3.8) is 0 Å². The van der Waals surface area contributed by atoms with Gasteiger partial charge in [0.1, 0.15) is 11.2 Å². The van der Waals surface area contributed by atoms with Gasteiger partial charge in [0.2, 0.25) is 0 Å². The number of urea groups is 1. The Bertz CT molecular complexity index is 1380. The first-order chi connectivity index (χ1) is 17.5. The molecule has 37 heavy (non-hydrogen) atoms. The van der Waals surface area contributed by atoms with Gasteiger partial charge in [0.15, 0.2) is 0 Å². The Balaban J connectivity index is 1.57. The van der Waals surface area contributed by atoms with Crippen LogP contribution in [0.4, 0.5) is 23.7 Å². The number of anilines is 1. The van der Waals surface area contributed by atoms with Crippen molar-refractivity contribution >= 4 is 17.6 Å². The molecular formula is C25H23F3N6O3. The monoisotopic (exact) mass is 512 g/mol. The Kier molecular flexibility index (Phi) is 6.75. The van der Waals surface area contributed by atoms with Gasteiger partial charge >= 0.3 is 12.2 Å². The summed E-state index contributed by atoms with van der Waals surface area (Å²) in [5.74, 6) is -0.675. The van der Waals surface area contributed by atoms with Gasteiger partial charge in [0, 0.05) is 25.3 Å². The number of benzene rings is 2. The summed E-state index contributed by atoms with van der Waals surface area (Å²) >= 11 is 0. The van der Waals surface area contributed by atoms with Gasteiger partial charge in [-0.05, 0) is 44.0 Å². The molecule has 0 atom stereocenters. The van der Waals surface area contributed by atoms with Gasteiger partial charge in [-0.2, -0.15) is 18.4 Å². The van der Waals surface area contributed by atoms with E-state index in [1.807, 2.05) is 0 Å². The van der Waals surface area contributed by atoms with Crippen molar-refractivity contribution in [1.29, 1.82) is 5.26 Å². The quantitative estimate of drug-likeness (QED) is 0.479. The number of aromatic nitrogens is 3. The number of carbonyl (C=O) groups is 2. The van der Waals surface area contributed by atoms with Crippen LogP contribution < -0.4 is 4.90 Å². The first kappa shape index (κ1) is 25.8. The lowest BCUT2D eigenvalue weighted by Gasteiger charge is -2.27. The predicted octanol–water partition coefficient (Wildman–Crippen LogP) is 3.97. The number of hydrogen-bond acceptors (Lipinski definition) is 6. The topological polar surface area (TPSA) is 115 Å². The number of imide groups is 1. The normalized spacial score (nSPS) is 15.4. The highest BCUT2D eigenvalue weighted by Gasteiger charge is 2.52. The molecule has 4 rings (SSSR count). The molecule has 1 aromatic heterocycles. The van der Waals surface area contributed by atoms with Crippen molar-refractivity contribution < 1.29 is 27.9 Å². The third-order valence-corrected chi connectivity index (χ3v) is 6.19. The Morgan fingerprint density at radius 3 is 2.43 bits per heavy atom. The average Bonchev–Trinajstić information content (AvgIpc) is 3.40. The molecule has 0 saturated carbocycles. The van der Waals surface area contributed by atoms with Gasteiger partial charge in [0.05, 0.1) is 29.1 Å². The van der Waals surface area contributed by atoms with E-state index in [9.17, 15) is 22.8 Å². The molecule has 192 valence electrons. The largest absolute Gasteiger partial charge is 0.417 e. The number of nitrogens with zero attached hydrogens (tertiary/aromatic N) is 6. The maximum atomic E-state index is 13.5. The molecule has 12 heteroatoms. The summed E-state index contributed by atoms with van der Waals surface area (Å²) in [5, 5.41) is 26.1. The molecule has 1 aliphatic heterocycles. The molecule has 0 aliphatic carbocycles. The van der Waals surface area contributed by atoms with Crippen LogP contribution in [0.5, 0.6) is 0 Å². The van der Waals surface area contributed by atoms with Crippen LogP contribution in [0.2, 0.25) is 0 Å². The van der Waals surface area contributed by atoms with E-state index in [1.54, 1.807) is 35.1 Å². The Morgan fingerprint density at radius 1 is 1.11 bits per heavy atom. The fourth-order valence-electron chi connectivity index (χ4n) is 4.07. The van der Waals surface area contributed by atoms with Crippen LogP contribution in [-0.2, 0) is 24.1 Å². The molecule has 0 unspecified atom stereocenters. The first-order valence-electron chi connectivity index (χ1n) is 11.3. The van der Waals surface area contributed by atoms with E-state index >= 15 is 0 Å². The van der Waals surface area contributed by atoms with Crippen LogP contribution in [0.25, 0.3) is 11.3 Å². The van der Waals surface area contributed by atoms with E-state index in [2.05, 4.69) is 10.3 Å². The van der Waals surface area contributed by atoms with Crippen molar-refractivity contribution in [2.24, 2.45) is 0 Å². The van der Waals surface area contributed by atoms with Gasteiger partial charge in [-0.3, -0.25) is 9.48 Å². The minimum atomic E-state index is -4.83. The Labute approximate surface area is 210 Å². The molecule has 0 bridgehead atoms. The zero-order valence-electron chi connectivity index (χ0n) is 20.0. The van der Waals surface area contributed by atoms with Crippen LogP contribution in [0, 0.1) is 11.3 Å². The first-order valence-corrected chi connectivity index (χ1v) is 11.3. The lowest BCUT2D eigenvalue weighted by Crippen LogP contribution is -2.43. The van der Waals surface area contributed by atoms with Crippen LogP contribution in [0.1, 0.15) is 37.0 Å². The summed E-state index contributed by atoms with van der Waals surface area (Å²) in [5.41, 5.74) is -1.28. The van der Waals surface area contributed by atoms with Crippen molar-refractivity contribution in [2.75, 3.05) is 11.5 Å². The standard InChI is InChI=1S/C25H23F3N6O3/c1-24(2)22(36)34(19-9-8-18(13-29)20(12-19)25(26,27)28)23(37)33(24)14-16-4-6-17(7-5-16)21-15-32(31-30-21)10-3-11-35/h4-9,12,15,35H,3,10-11,14H2,1-2H3. The number of aryl methyl sites for hydroxylation is 1. The summed E-state index contributed by atoms with van der Waals surface area (Å²) in [6.45, 7) is 3.67. The number of carbonyl (C=O) groups excluding carboxylic acids is 2. The third-order valence-electron chi connectivity index (χ3n) is 6.19.